The summed E-state index contributed by atoms with van der Waals surface area (Å²) in [6.07, 6.45) is 0. The third-order valence-corrected chi connectivity index (χ3v) is 9.78. The molecule has 0 aliphatic heterocycles. The average molecular weight is 423 g/mol. The normalized spacial score (nSPS) is 13.5. The Morgan fingerprint density at radius 3 is 2.48 bits per heavy atom. The van der Waals surface area contributed by atoms with Gasteiger partial charge >= 0.3 is 5.97 Å². The van der Waals surface area contributed by atoms with E-state index in [1.165, 1.54) is 18.4 Å². The van der Waals surface area contributed by atoms with Crippen LogP contribution in [0.1, 0.15) is 31.3 Å². The molecule has 0 saturated carbocycles. The summed E-state index contributed by atoms with van der Waals surface area (Å²) in [5.41, 5.74) is 0.253. The van der Waals surface area contributed by atoms with Crippen molar-refractivity contribution in [2.24, 2.45) is 0 Å². The van der Waals surface area contributed by atoms with Crippen LogP contribution in [0, 0.1) is 0 Å². The minimum Gasteiger partial charge on any atom is -0.467 e. The maximum Gasteiger partial charge on any atom is 0.330 e. The molecule has 1 aromatic rings. The highest BCUT2D eigenvalue weighted by Crippen LogP contribution is 2.36. The fourth-order valence-electron chi connectivity index (χ4n) is 1.41. The molecule has 1 amide bonds. The van der Waals surface area contributed by atoms with E-state index in [1.807, 2.05) is 0 Å². The minimum atomic E-state index is -2.03. The standard InChI is InChI=1S/C14H23BrN2O4SSi/c1-14(2,3)23(5,6)21-7-9(12(19)20-4)16-11(18)10-8-22-13(15)17-10/h8-9H,7H2,1-6H3,(H,16,18)/t9-/m0/s1. The van der Waals surface area contributed by atoms with E-state index in [-0.39, 0.29) is 17.3 Å². The van der Waals surface area contributed by atoms with Crippen LogP contribution in [0.15, 0.2) is 9.30 Å². The van der Waals surface area contributed by atoms with Gasteiger partial charge in [0.05, 0.1) is 13.7 Å². The molecule has 0 radical (unpaired) electrons. The molecule has 0 unspecified atom stereocenters. The Morgan fingerprint density at radius 2 is 2.04 bits per heavy atom. The van der Waals surface area contributed by atoms with Crippen molar-refractivity contribution < 1.29 is 18.8 Å². The van der Waals surface area contributed by atoms with Gasteiger partial charge in [0, 0.05) is 5.38 Å². The van der Waals surface area contributed by atoms with Crippen LogP contribution in [0.3, 0.4) is 0 Å². The molecule has 0 bridgehead atoms. The van der Waals surface area contributed by atoms with Crippen LogP contribution in [0.25, 0.3) is 0 Å². The Morgan fingerprint density at radius 1 is 1.43 bits per heavy atom. The van der Waals surface area contributed by atoms with E-state index in [0.29, 0.717) is 3.92 Å². The fourth-order valence-corrected chi connectivity index (χ4v) is 3.41. The summed E-state index contributed by atoms with van der Waals surface area (Å²) in [4.78, 5) is 28.1. The molecule has 0 aromatic carbocycles. The third kappa shape index (κ3) is 5.66. The number of ether oxygens (including phenoxy) is 1. The van der Waals surface area contributed by atoms with Crippen LogP contribution in [0.2, 0.25) is 18.1 Å². The first-order valence-corrected chi connectivity index (χ1v) is 11.7. The highest BCUT2D eigenvalue weighted by molar-refractivity contribution is 9.11. The summed E-state index contributed by atoms with van der Waals surface area (Å²) in [5, 5.41) is 4.25. The van der Waals surface area contributed by atoms with Crippen molar-refractivity contribution in [2.45, 2.75) is 44.9 Å². The van der Waals surface area contributed by atoms with Crippen molar-refractivity contribution in [1.82, 2.24) is 10.3 Å². The minimum absolute atomic E-state index is 0.0114. The van der Waals surface area contributed by atoms with E-state index >= 15 is 0 Å². The second kappa shape index (κ2) is 7.87. The maximum absolute atomic E-state index is 12.2. The molecule has 1 rings (SSSR count). The lowest BCUT2D eigenvalue weighted by Crippen LogP contribution is -2.49. The summed E-state index contributed by atoms with van der Waals surface area (Å²) >= 11 is 4.50. The van der Waals surface area contributed by atoms with Crippen molar-refractivity contribution in [2.75, 3.05) is 13.7 Å². The number of carbonyl (C=O) groups excluding carboxylic acids is 2. The topological polar surface area (TPSA) is 77.5 Å². The van der Waals surface area contributed by atoms with Crippen LogP contribution >= 0.6 is 27.3 Å². The van der Waals surface area contributed by atoms with Gasteiger partial charge < -0.3 is 14.5 Å². The number of aromatic nitrogens is 1. The Hall–Kier alpha value is -0.773. The summed E-state index contributed by atoms with van der Waals surface area (Å²) in [7, 11) is -0.748. The summed E-state index contributed by atoms with van der Waals surface area (Å²) < 4.78 is 11.4. The van der Waals surface area contributed by atoms with E-state index in [4.69, 9.17) is 9.16 Å². The van der Waals surface area contributed by atoms with E-state index in [9.17, 15) is 9.59 Å². The van der Waals surface area contributed by atoms with Crippen molar-refractivity contribution in [3.63, 3.8) is 0 Å². The lowest BCUT2D eigenvalue weighted by atomic mass is 10.2. The number of hydrogen-bond donors (Lipinski definition) is 1. The molecule has 0 aliphatic carbocycles. The third-order valence-electron chi connectivity index (χ3n) is 3.92. The zero-order chi connectivity index (χ0) is 17.8. The molecule has 6 nitrogen and oxygen atoms in total. The van der Waals surface area contributed by atoms with Gasteiger partial charge in [-0.05, 0) is 34.1 Å². The Balaban J connectivity index is 2.78. The van der Waals surface area contributed by atoms with E-state index < -0.39 is 26.2 Å². The van der Waals surface area contributed by atoms with Crippen LogP contribution in [-0.2, 0) is 14.0 Å². The first-order valence-electron chi connectivity index (χ1n) is 7.11. The van der Waals surface area contributed by atoms with E-state index in [0.717, 1.165) is 0 Å². The van der Waals surface area contributed by atoms with Crippen LogP contribution in [-0.4, -0.2) is 44.9 Å². The number of methoxy groups -OCH3 is 1. The summed E-state index contributed by atoms with van der Waals surface area (Å²) in [6, 6.07) is -0.859. The summed E-state index contributed by atoms with van der Waals surface area (Å²) in [6.45, 7) is 10.6. The number of amides is 1. The zero-order valence-electron chi connectivity index (χ0n) is 14.2. The number of nitrogens with one attached hydrogen (secondary N) is 1. The van der Waals surface area contributed by atoms with Gasteiger partial charge in [-0.15, -0.1) is 11.3 Å². The van der Waals surface area contributed by atoms with Gasteiger partial charge in [0.2, 0.25) is 0 Å². The van der Waals surface area contributed by atoms with E-state index in [2.05, 4.69) is 60.1 Å². The molecule has 130 valence electrons. The molecular formula is C14H23BrN2O4SSi. The van der Waals surface area contributed by atoms with E-state index in [1.54, 1.807) is 5.38 Å². The van der Waals surface area contributed by atoms with Gasteiger partial charge in [-0.25, -0.2) is 9.78 Å². The van der Waals surface area contributed by atoms with Crippen LogP contribution in [0.4, 0.5) is 0 Å². The lowest BCUT2D eigenvalue weighted by molar-refractivity contribution is -0.143. The van der Waals surface area contributed by atoms with Gasteiger partial charge in [0.15, 0.2) is 12.2 Å². The number of hydrogen-bond acceptors (Lipinski definition) is 6. The van der Waals surface area contributed by atoms with Gasteiger partial charge in [0.1, 0.15) is 11.7 Å². The number of thiazole rings is 1. The number of carbonyl (C=O) groups is 2. The zero-order valence-corrected chi connectivity index (χ0v) is 17.6. The molecule has 1 aromatic heterocycles. The van der Waals surface area contributed by atoms with Crippen LogP contribution < -0.4 is 5.32 Å². The average Bonchev–Trinajstić information content (AvgIpc) is 2.87. The first kappa shape index (κ1) is 20.3. The molecule has 9 heteroatoms. The molecule has 23 heavy (non-hydrogen) atoms. The first-order chi connectivity index (χ1) is 10.5. The molecule has 0 aliphatic rings. The number of halogens is 1. The maximum atomic E-state index is 12.2. The highest BCUT2D eigenvalue weighted by atomic mass is 79.9. The van der Waals surface area contributed by atoms with Gasteiger partial charge in [0.25, 0.3) is 5.91 Å². The van der Waals surface area contributed by atoms with Crippen molar-refractivity contribution in [1.29, 1.82) is 0 Å². The number of nitrogens with zero attached hydrogens (tertiary/aromatic N) is 1. The predicted octanol–water partition coefficient (Wildman–Crippen LogP) is 3.20. The Bertz CT molecular complexity index is 571. The highest BCUT2D eigenvalue weighted by Gasteiger charge is 2.38. The Labute approximate surface area is 150 Å². The number of esters is 1. The smallest absolute Gasteiger partial charge is 0.330 e. The fraction of sp³-hybridized carbons (Fsp3) is 0.643. The second-order valence-corrected chi connectivity index (χ2v) is 13.5. The quantitative estimate of drug-likeness (QED) is 0.562. The number of rotatable bonds is 6. The van der Waals surface area contributed by atoms with Gasteiger partial charge in [-0.3, -0.25) is 4.79 Å². The van der Waals surface area contributed by atoms with Gasteiger partial charge in [-0.1, -0.05) is 20.8 Å². The molecule has 1 N–H and O–H groups in total. The molecule has 0 saturated heterocycles. The Kier molecular flexibility index (Phi) is 6.93. The van der Waals surface area contributed by atoms with Crippen molar-refractivity contribution >= 4 is 47.5 Å². The largest absolute Gasteiger partial charge is 0.467 e. The molecule has 0 spiro atoms. The van der Waals surface area contributed by atoms with Gasteiger partial charge in [-0.2, -0.15) is 0 Å². The molecule has 1 heterocycles. The SMILES string of the molecule is COC(=O)[C@H](CO[Si](C)(C)C(C)(C)C)NC(=O)c1csc(Br)n1. The van der Waals surface area contributed by atoms with Crippen molar-refractivity contribution in [3.05, 3.63) is 15.0 Å². The lowest BCUT2D eigenvalue weighted by Gasteiger charge is -2.37. The van der Waals surface area contributed by atoms with Crippen LogP contribution in [0.5, 0.6) is 0 Å². The molecular weight excluding hydrogens is 400 g/mol. The van der Waals surface area contributed by atoms with Crippen molar-refractivity contribution in [3.8, 4) is 0 Å². The predicted molar refractivity (Wildman–Crippen MR) is 96.2 cm³/mol. The molecule has 1 atom stereocenters. The monoisotopic (exact) mass is 422 g/mol. The second-order valence-electron chi connectivity index (χ2n) is 6.61. The molecule has 0 fully saturated rings. The summed E-state index contributed by atoms with van der Waals surface area (Å²) in [5.74, 6) is -0.965.